The lowest BCUT2D eigenvalue weighted by atomic mass is 10.1. The zero-order valence-corrected chi connectivity index (χ0v) is 17.4. The number of hydrogen-bond donors (Lipinski definition) is 1. The second kappa shape index (κ2) is 9.76. The molecular weight excluding hydrogens is 392 g/mol. The molecule has 2 aromatic rings. The van der Waals surface area contributed by atoms with Crippen molar-refractivity contribution in [3.05, 3.63) is 58.6 Å². The molecule has 1 N–H and O–H groups in total. The molecule has 0 aromatic heterocycles. The maximum Gasteiger partial charge on any atom is 0.229 e. The number of likely N-dealkylation sites (tertiary alicyclic amines) is 1. The lowest BCUT2D eigenvalue weighted by molar-refractivity contribution is -0.128. The Labute approximate surface area is 175 Å². The van der Waals surface area contributed by atoms with E-state index in [0.717, 1.165) is 5.56 Å². The van der Waals surface area contributed by atoms with E-state index in [1.165, 1.54) is 5.56 Å². The molecule has 1 heterocycles. The van der Waals surface area contributed by atoms with Crippen molar-refractivity contribution in [1.82, 2.24) is 4.90 Å². The highest BCUT2D eigenvalue weighted by molar-refractivity contribution is 6.32. The molecule has 1 aliphatic heterocycles. The van der Waals surface area contributed by atoms with E-state index in [9.17, 15) is 9.59 Å². The van der Waals surface area contributed by atoms with Gasteiger partial charge in [0, 0.05) is 26.6 Å². The van der Waals surface area contributed by atoms with Crippen LogP contribution in [0.1, 0.15) is 17.5 Å². The third kappa shape index (κ3) is 5.49. The Balaban J connectivity index is 1.63. The minimum atomic E-state index is -0.418. The Kier molecular flexibility index (Phi) is 7.12. The number of nitrogens with one attached hydrogen (secondary N) is 1. The van der Waals surface area contributed by atoms with Gasteiger partial charge >= 0.3 is 0 Å². The number of methoxy groups -OCH3 is 1. The number of halogens is 1. The monoisotopic (exact) mass is 416 g/mol. The van der Waals surface area contributed by atoms with E-state index >= 15 is 0 Å². The van der Waals surface area contributed by atoms with Crippen LogP contribution in [0.4, 0.5) is 5.69 Å². The summed E-state index contributed by atoms with van der Waals surface area (Å²) < 4.78 is 10.6. The first-order valence-electron chi connectivity index (χ1n) is 9.52. The van der Waals surface area contributed by atoms with Gasteiger partial charge in [0.05, 0.1) is 23.2 Å². The van der Waals surface area contributed by atoms with Crippen LogP contribution in [0.15, 0.2) is 42.5 Å². The summed E-state index contributed by atoms with van der Waals surface area (Å²) in [6.45, 7) is 3.64. The van der Waals surface area contributed by atoms with Gasteiger partial charge in [-0.15, -0.1) is 0 Å². The van der Waals surface area contributed by atoms with Gasteiger partial charge in [-0.1, -0.05) is 47.5 Å². The van der Waals surface area contributed by atoms with E-state index in [-0.39, 0.29) is 18.2 Å². The number of anilines is 1. The number of carbonyl (C=O) groups excluding carboxylic acids is 2. The van der Waals surface area contributed by atoms with E-state index in [1.807, 2.05) is 31.2 Å². The van der Waals surface area contributed by atoms with Crippen molar-refractivity contribution >= 4 is 29.1 Å². The molecule has 7 heteroatoms. The molecule has 0 spiro atoms. The SMILES string of the molecule is COCCOc1c(Cl)cccc1NC(=O)C1CC(=O)N(Cc2ccc(C)cc2)C1. The van der Waals surface area contributed by atoms with Crippen LogP contribution in [-0.4, -0.2) is 43.6 Å². The maximum atomic E-state index is 12.8. The van der Waals surface area contributed by atoms with Gasteiger partial charge in [-0.3, -0.25) is 9.59 Å². The molecule has 154 valence electrons. The molecular formula is C22H25ClN2O4. The van der Waals surface area contributed by atoms with Gasteiger partial charge in [-0.2, -0.15) is 0 Å². The fourth-order valence-corrected chi connectivity index (χ4v) is 3.46. The van der Waals surface area contributed by atoms with E-state index in [2.05, 4.69) is 5.32 Å². The van der Waals surface area contributed by atoms with Crippen LogP contribution in [-0.2, 0) is 20.9 Å². The van der Waals surface area contributed by atoms with E-state index < -0.39 is 5.92 Å². The third-order valence-corrected chi connectivity index (χ3v) is 5.14. The molecule has 0 saturated carbocycles. The minimum absolute atomic E-state index is 0.0200. The number of nitrogens with zero attached hydrogens (tertiary/aromatic N) is 1. The van der Waals surface area contributed by atoms with Gasteiger partial charge in [-0.05, 0) is 24.6 Å². The molecule has 6 nitrogen and oxygen atoms in total. The van der Waals surface area contributed by atoms with Gasteiger partial charge in [0.2, 0.25) is 11.8 Å². The van der Waals surface area contributed by atoms with Crippen LogP contribution >= 0.6 is 11.6 Å². The van der Waals surface area contributed by atoms with Crippen LogP contribution in [0.5, 0.6) is 5.75 Å². The summed E-state index contributed by atoms with van der Waals surface area (Å²) in [5.41, 5.74) is 2.71. The van der Waals surface area contributed by atoms with Gasteiger partial charge in [0.15, 0.2) is 5.75 Å². The molecule has 0 radical (unpaired) electrons. The highest BCUT2D eigenvalue weighted by Crippen LogP contribution is 2.33. The van der Waals surface area contributed by atoms with E-state index in [1.54, 1.807) is 30.2 Å². The lowest BCUT2D eigenvalue weighted by Gasteiger charge is -2.18. The van der Waals surface area contributed by atoms with Crippen molar-refractivity contribution in [3.8, 4) is 5.75 Å². The molecule has 0 bridgehead atoms. The molecule has 3 rings (SSSR count). The normalized spacial score (nSPS) is 16.2. The summed E-state index contributed by atoms with van der Waals surface area (Å²) in [6.07, 6.45) is 0.193. The number of carbonyl (C=O) groups is 2. The zero-order chi connectivity index (χ0) is 20.8. The minimum Gasteiger partial charge on any atom is -0.487 e. The molecule has 0 aliphatic carbocycles. The molecule has 1 atom stereocenters. The Morgan fingerprint density at radius 3 is 2.69 bits per heavy atom. The van der Waals surface area contributed by atoms with Gasteiger partial charge < -0.3 is 19.7 Å². The van der Waals surface area contributed by atoms with Crippen molar-refractivity contribution in [2.24, 2.45) is 5.92 Å². The fraction of sp³-hybridized carbons (Fsp3) is 0.364. The first-order chi connectivity index (χ1) is 14.0. The number of rotatable bonds is 8. The number of hydrogen-bond acceptors (Lipinski definition) is 4. The first kappa shape index (κ1) is 21.1. The number of aryl methyl sites for hydroxylation is 1. The Morgan fingerprint density at radius 1 is 1.21 bits per heavy atom. The number of ether oxygens (including phenoxy) is 2. The third-order valence-electron chi connectivity index (χ3n) is 4.84. The Bertz CT molecular complexity index is 870. The average molecular weight is 417 g/mol. The van der Waals surface area contributed by atoms with Gasteiger partial charge in [0.25, 0.3) is 0 Å². The smallest absolute Gasteiger partial charge is 0.229 e. The molecule has 1 saturated heterocycles. The Morgan fingerprint density at radius 2 is 1.97 bits per heavy atom. The van der Waals surface area contributed by atoms with Crippen molar-refractivity contribution in [2.75, 3.05) is 32.2 Å². The predicted molar refractivity (Wildman–Crippen MR) is 112 cm³/mol. The van der Waals surface area contributed by atoms with Crippen LogP contribution < -0.4 is 10.1 Å². The predicted octanol–water partition coefficient (Wildman–Crippen LogP) is 3.66. The highest BCUT2D eigenvalue weighted by atomic mass is 35.5. The summed E-state index contributed by atoms with van der Waals surface area (Å²) in [7, 11) is 1.58. The molecule has 2 amide bonds. The van der Waals surface area contributed by atoms with Crippen molar-refractivity contribution in [2.45, 2.75) is 19.9 Å². The number of para-hydroxylation sites is 1. The molecule has 1 aliphatic rings. The topological polar surface area (TPSA) is 67.9 Å². The van der Waals surface area contributed by atoms with Crippen LogP contribution in [0, 0.1) is 12.8 Å². The van der Waals surface area contributed by atoms with E-state index in [4.69, 9.17) is 21.1 Å². The quantitative estimate of drug-likeness (QED) is 0.667. The van der Waals surface area contributed by atoms with Gasteiger partial charge in [0.1, 0.15) is 6.61 Å². The molecule has 2 aromatic carbocycles. The summed E-state index contributed by atoms with van der Waals surface area (Å²) >= 11 is 6.22. The standard InChI is InChI=1S/C22H25ClN2O4/c1-15-6-8-16(9-7-15)13-25-14-17(12-20(25)26)22(27)24-19-5-3-4-18(23)21(19)29-11-10-28-2/h3-9,17H,10-14H2,1-2H3,(H,24,27). The average Bonchev–Trinajstić information content (AvgIpc) is 3.06. The lowest BCUT2D eigenvalue weighted by Crippen LogP contribution is -2.28. The van der Waals surface area contributed by atoms with Crippen LogP contribution in [0.3, 0.4) is 0 Å². The second-order valence-corrected chi connectivity index (χ2v) is 7.52. The van der Waals surface area contributed by atoms with Crippen molar-refractivity contribution in [3.63, 3.8) is 0 Å². The summed E-state index contributed by atoms with van der Waals surface area (Å²) in [6, 6.07) is 13.2. The van der Waals surface area contributed by atoms with Crippen LogP contribution in [0.2, 0.25) is 5.02 Å². The molecule has 1 fully saturated rings. The van der Waals surface area contributed by atoms with Gasteiger partial charge in [-0.25, -0.2) is 0 Å². The van der Waals surface area contributed by atoms with Crippen LogP contribution in [0.25, 0.3) is 0 Å². The first-order valence-corrected chi connectivity index (χ1v) is 9.90. The number of amides is 2. The zero-order valence-electron chi connectivity index (χ0n) is 16.6. The number of benzene rings is 2. The summed E-state index contributed by atoms with van der Waals surface area (Å²) in [5.74, 6) is -0.254. The molecule has 1 unspecified atom stereocenters. The fourth-order valence-electron chi connectivity index (χ4n) is 3.23. The second-order valence-electron chi connectivity index (χ2n) is 7.11. The summed E-state index contributed by atoms with van der Waals surface area (Å²) in [5, 5.41) is 3.27. The Hall–Kier alpha value is -2.57. The maximum absolute atomic E-state index is 12.8. The van der Waals surface area contributed by atoms with E-state index in [0.29, 0.717) is 42.8 Å². The highest BCUT2D eigenvalue weighted by Gasteiger charge is 2.34. The van der Waals surface area contributed by atoms with Crippen molar-refractivity contribution in [1.29, 1.82) is 0 Å². The summed E-state index contributed by atoms with van der Waals surface area (Å²) in [4.78, 5) is 26.9. The van der Waals surface area contributed by atoms with Crippen molar-refractivity contribution < 1.29 is 19.1 Å². The largest absolute Gasteiger partial charge is 0.487 e. The molecule has 29 heavy (non-hydrogen) atoms.